The van der Waals surface area contributed by atoms with Crippen molar-refractivity contribution in [1.82, 2.24) is 4.31 Å². The van der Waals surface area contributed by atoms with Crippen LogP contribution < -0.4 is 10.6 Å². The van der Waals surface area contributed by atoms with Gasteiger partial charge < -0.3 is 10.6 Å². The Hall–Kier alpha value is -2.38. The zero-order valence-corrected chi connectivity index (χ0v) is 15.7. The van der Waals surface area contributed by atoms with Crippen LogP contribution in [0.1, 0.15) is 18.9 Å². The normalized spacial score (nSPS) is 17.8. The molecule has 0 radical (unpaired) electrons. The van der Waals surface area contributed by atoms with Crippen LogP contribution in [0.4, 0.5) is 11.4 Å². The Morgan fingerprint density at radius 2 is 1.88 bits per heavy atom. The molecule has 0 saturated carbocycles. The fraction of sp³-hybridized carbons (Fsp3) is 0.316. The summed E-state index contributed by atoms with van der Waals surface area (Å²) in [5, 5.41) is 6.06. The third-order valence-electron chi connectivity index (χ3n) is 4.45. The van der Waals surface area contributed by atoms with Gasteiger partial charge >= 0.3 is 0 Å². The van der Waals surface area contributed by atoms with E-state index < -0.39 is 10.0 Å². The Labute approximate surface area is 154 Å². The average Bonchev–Trinajstić information content (AvgIpc) is 3.06. The Morgan fingerprint density at radius 3 is 2.58 bits per heavy atom. The molecule has 0 aliphatic carbocycles. The lowest BCUT2D eigenvalue weighted by molar-refractivity contribution is -0.114. The predicted octanol–water partition coefficient (Wildman–Crippen LogP) is 2.83. The SMILES string of the molecule is CC(=O)Nc1cc(S(=O)(=O)N2CCC(Nc3ccccc3)C2)ccc1C. The first-order valence-corrected chi connectivity index (χ1v) is 10.0. The first-order chi connectivity index (χ1) is 12.4. The summed E-state index contributed by atoms with van der Waals surface area (Å²) in [5.41, 5.74) is 2.33. The van der Waals surface area contributed by atoms with Crippen LogP contribution in [-0.2, 0) is 14.8 Å². The van der Waals surface area contributed by atoms with E-state index in [0.29, 0.717) is 18.8 Å². The summed E-state index contributed by atoms with van der Waals surface area (Å²) in [4.78, 5) is 11.5. The van der Waals surface area contributed by atoms with Crippen molar-refractivity contribution in [3.05, 3.63) is 54.1 Å². The number of carbonyl (C=O) groups excluding carboxylic acids is 1. The monoisotopic (exact) mass is 373 g/mol. The minimum atomic E-state index is -3.60. The summed E-state index contributed by atoms with van der Waals surface area (Å²) in [6.07, 6.45) is 0.749. The maximum Gasteiger partial charge on any atom is 0.243 e. The van der Waals surface area contributed by atoms with Gasteiger partial charge in [0.05, 0.1) is 4.90 Å². The summed E-state index contributed by atoms with van der Waals surface area (Å²) in [5.74, 6) is -0.226. The smallest absolute Gasteiger partial charge is 0.243 e. The second-order valence-corrected chi connectivity index (χ2v) is 8.45. The molecule has 6 nitrogen and oxygen atoms in total. The number of carbonyl (C=O) groups is 1. The lowest BCUT2D eigenvalue weighted by Crippen LogP contribution is -2.31. The molecule has 1 aliphatic heterocycles. The van der Waals surface area contributed by atoms with Gasteiger partial charge in [0, 0.05) is 37.4 Å². The zero-order chi connectivity index (χ0) is 18.7. The molecule has 0 bridgehead atoms. The fourth-order valence-corrected chi connectivity index (χ4v) is 4.60. The van der Waals surface area contributed by atoms with E-state index in [1.165, 1.54) is 17.3 Å². The second-order valence-electron chi connectivity index (χ2n) is 6.52. The highest BCUT2D eigenvalue weighted by Gasteiger charge is 2.32. The molecule has 26 heavy (non-hydrogen) atoms. The van der Waals surface area contributed by atoms with E-state index in [4.69, 9.17) is 0 Å². The van der Waals surface area contributed by atoms with Gasteiger partial charge in [-0.25, -0.2) is 8.42 Å². The summed E-state index contributed by atoms with van der Waals surface area (Å²) in [6.45, 7) is 4.12. The van der Waals surface area contributed by atoms with E-state index in [1.54, 1.807) is 12.1 Å². The van der Waals surface area contributed by atoms with Gasteiger partial charge in [-0.2, -0.15) is 4.31 Å². The largest absolute Gasteiger partial charge is 0.381 e. The molecule has 1 heterocycles. The molecule has 138 valence electrons. The highest BCUT2D eigenvalue weighted by molar-refractivity contribution is 7.89. The molecule has 1 unspecified atom stereocenters. The summed E-state index contributed by atoms with van der Waals surface area (Å²) >= 11 is 0. The molecule has 0 spiro atoms. The van der Waals surface area contributed by atoms with Crippen LogP contribution >= 0.6 is 0 Å². The van der Waals surface area contributed by atoms with Gasteiger partial charge in [0.1, 0.15) is 0 Å². The predicted molar refractivity (Wildman–Crippen MR) is 103 cm³/mol. The van der Waals surface area contributed by atoms with E-state index in [2.05, 4.69) is 10.6 Å². The van der Waals surface area contributed by atoms with E-state index >= 15 is 0 Å². The van der Waals surface area contributed by atoms with Crippen molar-refractivity contribution >= 4 is 27.3 Å². The standard InChI is InChI=1S/C19H23N3O3S/c1-14-8-9-18(12-19(14)20-15(2)23)26(24,25)22-11-10-17(13-22)21-16-6-4-3-5-7-16/h3-9,12,17,21H,10-11,13H2,1-2H3,(H,20,23). The topological polar surface area (TPSA) is 78.5 Å². The van der Waals surface area contributed by atoms with E-state index in [0.717, 1.165) is 17.7 Å². The van der Waals surface area contributed by atoms with Crippen LogP contribution in [0.15, 0.2) is 53.4 Å². The Morgan fingerprint density at radius 1 is 1.15 bits per heavy atom. The van der Waals surface area contributed by atoms with Crippen molar-refractivity contribution in [3.63, 3.8) is 0 Å². The van der Waals surface area contributed by atoms with Gasteiger partial charge in [0.15, 0.2) is 0 Å². The van der Waals surface area contributed by atoms with Gasteiger partial charge in [0.25, 0.3) is 0 Å². The van der Waals surface area contributed by atoms with Crippen LogP contribution in [-0.4, -0.2) is 37.8 Å². The fourth-order valence-electron chi connectivity index (χ4n) is 3.07. The number of hydrogen-bond acceptors (Lipinski definition) is 4. The highest BCUT2D eigenvalue weighted by atomic mass is 32.2. The molecule has 1 atom stereocenters. The average molecular weight is 373 g/mol. The maximum atomic E-state index is 13.0. The van der Waals surface area contributed by atoms with Gasteiger partial charge in [-0.05, 0) is 43.2 Å². The van der Waals surface area contributed by atoms with E-state index in [-0.39, 0.29) is 16.8 Å². The van der Waals surface area contributed by atoms with E-state index in [1.807, 2.05) is 37.3 Å². The second kappa shape index (κ2) is 7.47. The third-order valence-corrected chi connectivity index (χ3v) is 6.31. The van der Waals surface area contributed by atoms with Gasteiger partial charge in [0.2, 0.25) is 15.9 Å². The van der Waals surface area contributed by atoms with Crippen molar-refractivity contribution in [2.24, 2.45) is 0 Å². The zero-order valence-electron chi connectivity index (χ0n) is 14.9. The Kier molecular flexibility index (Phi) is 5.29. The molecule has 1 amide bonds. The van der Waals surface area contributed by atoms with Crippen LogP contribution in [0.25, 0.3) is 0 Å². The van der Waals surface area contributed by atoms with Gasteiger partial charge in [-0.3, -0.25) is 4.79 Å². The summed E-state index contributed by atoms with van der Waals surface area (Å²) in [7, 11) is -3.60. The number of sulfonamides is 1. The molecule has 2 N–H and O–H groups in total. The van der Waals surface area contributed by atoms with Crippen molar-refractivity contribution in [2.75, 3.05) is 23.7 Å². The van der Waals surface area contributed by atoms with Crippen molar-refractivity contribution in [1.29, 1.82) is 0 Å². The number of hydrogen-bond donors (Lipinski definition) is 2. The molecule has 1 aliphatic rings. The van der Waals surface area contributed by atoms with Crippen LogP contribution in [0.2, 0.25) is 0 Å². The lowest BCUT2D eigenvalue weighted by Gasteiger charge is -2.19. The van der Waals surface area contributed by atoms with Gasteiger partial charge in [-0.1, -0.05) is 24.3 Å². The summed E-state index contributed by atoms with van der Waals surface area (Å²) < 4.78 is 27.4. The quantitative estimate of drug-likeness (QED) is 0.845. The van der Waals surface area contributed by atoms with Gasteiger partial charge in [-0.15, -0.1) is 0 Å². The Balaban J connectivity index is 1.75. The Bertz CT molecular complexity index is 898. The van der Waals surface area contributed by atoms with Crippen LogP contribution in [0, 0.1) is 6.92 Å². The third kappa shape index (κ3) is 4.05. The number of nitrogens with zero attached hydrogens (tertiary/aromatic N) is 1. The molecular formula is C19H23N3O3S. The molecule has 2 aromatic carbocycles. The minimum Gasteiger partial charge on any atom is -0.381 e. The number of anilines is 2. The molecule has 3 rings (SSSR count). The molecule has 1 fully saturated rings. The van der Waals surface area contributed by atoms with Crippen molar-refractivity contribution < 1.29 is 13.2 Å². The van der Waals surface area contributed by atoms with Crippen molar-refractivity contribution in [3.8, 4) is 0 Å². The number of nitrogens with one attached hydrogen (secondary N) is 2. The number of rotatable bonds is 5. The van der Waals surface area contributed by atoms with Crippen LogP contribution in [0.5, 0.6) is 0 Å². The maximum absolute atomic E-state index is 13.0. The van der Waals surface area contributed by atoms with E-state index in [9.17, 15) is 13.2 Å². The minimum absolute atomic E-state index is 0.0763. The molecular weight excluding hydrogens is 350 g/mol. The molecule has 1 saturated heterocycles. The number of benzene rings is 2. The first-order valence-electron chi connectivity index (χ1n) is 8.56. The van der Waals surface area contributed by atoms with Crippen LogP contribution in [0.3, 0.4) is 0 Å². The summed E-state index contributed by atoms with van der Waals surface area (Å²) in [6, 6.07) is 14.7. The number of aryl methyl sites for hydroxylation is 1. The number of para-hydroxylation sites is 1. The lowest BCUT2D eigenvalue weighted by atomic mass is 10.2. The molecule has 7 heteroatoms. The van der Waals surface area contributed by atoms with Crippen molar-refractivity contribution in [2.45, 2.75) is 31.2 Å². The molecule has 0 aromatic heterocycles. The number of amides is 1. The highest BCUT2D eigenvalue weighted by Crippen LogP contribution is 2.26. The first kappa shape index (κ1) is 18.4. The molecule has 2 aromatic rings.